The summed E-state index contributed by atoms with van der Waals surface area (Å²) in [4.78, 5) is 16.4. The van der Waals surface area contributed by atoms with Crippen LogP contribution in [0.1, 0.15) is 57.3 Å². The van der Waals surface area contributed by atoms with Gasteiger partial charge in [-0.2, -0.15) is 0 Å². The lowest BCUT2D eigenvalue weighted by atomic mass is 10.2. The van der Waals surface area contributed by atoms with E-state index < -0.39 is 0 Å². The van der Waals surface area contributed by atoms with Crippen molar-refractivity contribution in [3.8, 4) is 0 Å². The molecule has 1 heterocycles. The molecule has 0 aliphatic rings. The van der Waals surface area contributed by atoms with Gasteiger partial charge >= 0.3 is 0 Å². The predicted molar refractivity (Wildman–Crippen MR) is 86.2 cm³/mol. The number of nitrogens with one attached hydrogen (secondary N) is 1. The molecule has 0 saturated carbocycles. The van der Waals surface area contributed by atoms with Crippen LogP contribution in [0.2, 0.25) is 0 Å². The zero-order valence-electron chi connectivity index (χ0n) is 13.4. The molecule has 1 N–H and O–H groups in total. The lowest BCUT2D eigenvalue weighted by Gasteiger charge is -2.06. The van der Waals surface area contributed by atoms with Gasteiger partial charge < -0.3 is 9.88 Å². The van der Waals surface area contributed by atoms with Crippen LogP contribution in [0.4, 0.5) is 0 Å². The van der Waals surface area contributed by atoms with Crippen molar-refractivity contribution in [2.75, 3.05) is 0 Å². The lowest BCUT2D eigenvalue weighted by Crippen LogP contribution is -2.22. The molecule has 114 valence electrons. The first-order valence-electron chi connectivity index (χ1n) is 7.74. The Balaban J connectivity index is 2.10. The van der Waals surface area contributed by atoms with Crippen LogP contribution in [0.5, 0.6) is 0 Å². The highest BCUT2D eigenvalue weighted by molar-refractivity contribution is 5.78. The molecule has 4 nitrogen and oxygen atoms in total. The van der Waals surface area contributed by atoms with E-state index in [0.29, 0.717) is 18.9 Å². The van der Waals surface area contributed by atoms with E-state index in [9.17, 15) is 4.79 Å². The van der Waals surface area contributed by atoms with E-state index in [-0.39, 0.29) is 5.91 Å². The van der Waals surface area contributed by atoms with Gasteiger partial charge in [-0.1, -0.05) is 33.3 Å². The molecule has 0 radical (unpaired) electrons. The smallest absolute Gasteiger partial charge is 0.220 e. The van der Waals surface area contributed by atoms with Crippen molar-refractivity contribution in [2.24, 2.45) is 7.05 Å². The van der Waals surface area contributed by atoms with Gasteiger partial charge in [0.2, 0.25) is 5.91 Å². The summed E-state index contributed by atoms with van der Waals surface area (Å²) in [6, 6.07) is 6.22. The number of unbranched alkanes of at least 4 members (excludes halogenated alkanes) is 1. The molecule has 0 aliphatic heterocycles. The number of carbonyl (C=O) groups is 1. The van der Waals surface area contributed by atoms with Crippen molar-refractivity contribution >= 4 is 16.9 Å². The summed E-state index contributed by atoms with van der Waals surface area (Å²) in [5.74, 6) is 1.62. The predicted octanol–water partition coefficient (Wildman–Crippen LogP) is 3.50. The van der Waals surface area contributed by atoms with Crippen LogP contribution in [0.15, 0.2) is 18.2 Å². The Bertz CT molecular complexity index is 628. The molecule has 1 aromatic heterocycles. The molecule has 0 fully saturated rings. The Morgan fingerprint density at radius 3 is 2.81 bits per heavy atom. The van der Waals surface area contributed by atoms with Gasteiger partial charge in [-0.15, -0.1) is 0 Å². The maximum Gasteiger partial charge on any atom is 0.220 e. The van der Waals surface area contributed by atoms with Gasteiger partial charge in [0.05, 0.1) is 11.0 Å². The second-order valence-electron chi connectivity index (χ2n) is 5.89. The van der Waals surface area contributed by atoms with E-state index in [1.807, 2.05) is 0 Å². The fourth-order valence-corrected chi connectivity index (χ4v) is 2.52. The molecule has 1 aromatic carbocycles. The summed E-state index contributed by atoms with van der Waals surface area (Å²) >= 11 is 0. The van der Waals surface area contributed by atoms with Gasteiger partial charge in [0.15, 0.2) is 0 Å². The summed E-state index contributed by atoms with van der Waals surface area (Å²) in [6.07, 6.45) is 2.61. The minimum atomic E-state index is 0.126. The molecule has 0 aliphatic carbocycles. The molecule has 0 unspecified atom stereocenters. The second kappa shape index (κ2) is 6.74. The van der Waals surface area contributed by atoms with Gasteiger partial charge in [0, 0.05) is 25.9 Å². The van der Waals surface area contributed by atoms with Crippen molar-refractivity contribution in [1.29, 1.82) is 0 Å². The van der Waals surface area contributed by atoms with Crippen LogP contribution in [0.3, 0.4) is 0 Å². The van der Waals surface area contributed by atoms with Crippen LogP contribution >= 0.6 is 0 Å². The number of amides is 1. The maximum absolute atomic E-state index is 11.7. The third-order valence-corrected chi connectivity index (χ3v) is 3.74. The van der Waals surface area contributed by atoms with Crippen molar-refractivity contribution in [1.82, 2.24) is 14.9 Å². The fraction of sp³-hybridized carbons (Fsp3) is 0.529. The normalized spacial score (nSPS) is 11.3. The lowest BCUT2D eigenvalue weighted by molar-refractivity contribution is -0.121. The minimum Gasteiger partial charge on any atom is -0.352 e. The van der Waals surface area contributed by atoms with Gasteiger partial charge in [0.1, 0.15) is 5.82 Å². The van der Waals surface area contributed by atoms with E-state index >= 15 is 0 Å². The molecule has 2 aromatic rings. The number of aryl methyl sites for hydroxylation is 1. The molecule has 1 amide bonds. The monoisotopic (exact) mass is 287 g/mol. The molecule has 0 bridgehead atoms. The third kappa shape index (κ3) is 3.63. The summed E-state index contributed by atoms with van der Waals surface area (Å²) in [5.41, 5.74) is 3.24. The highest BCUT2D eigenvalue weighted by Crippen LogP contribution is 2.21. The number of rotatable bonds is 6. The van der Waals surface area contributed by atoms with E-state index in [0.717, 1.165) is 35.3 Å². The van der Waals surface area contributed by atoms with Gasteiger partial charge in [-0.25, -0.2) is 4.98 Å². The molecule has 4 heteroatoms. The average Bonchev–Trinajstić information content (AvgIpc) is 2.80. The first kappa shape index (κ1) is 15.5. The average molecular weight is 287 g/mol. The van der Waals surface area contributed by atoms with Crippen molar-refractivity contribution in [3.63, 3.8) is 0 Å². The topological polar surface area (TPSA) is 46.9 Å². The number of hydrogen-bond donors (Lipinski definition) is 1. The van der Waals surface area contributed by atoms with Crippen LogP contribution in [-0.2, 0) is 18.4 Å². The SMILES string of the molecule is CCCCC(=O)NCc1ccc2c(c1)nc(C(C)C)n2C. The van der Waals surface area contributed by atoms with Crippen molar-refractivity contribution in [3.05, 3.63) is 29.6 Å². The van der Waals surface area contributed by atoms with Crippen molar-refractivity contribution < 1.29 is 4.79 Å². The van der Waals surface area contributed by atoms with E-state index in [4.69, 9.17) is 4.98 Å². The first-order valence-corrected chi connectivity index (χ1v) is 7.74. The Labute approximate surface area is 126 Å². The zero-order valence-corrected chi connectivity index (χ0v) is 13.4. The Hall–Kier alpha value is -1.84. The van der Waals surface area contributed by atoms with E-state index in [1.54, 1.807) is 0 Å². The first-order chi connectivity index (χ1) is 10.0. The van der Waals surface area contributed by atoms with Gasteiger partial charge in [-0.05, 0) is 24.1 Å². The Kier molecular flexibility index (Phi) is 4.99. The molecule has 0 atom stereocenters. The number of imidazole rings is 1. The molecular weight excluding hydrogens is 262 g/mol. The van der Waals surface area contributed by atoms with Crippen molar-refractivity contribution in [2.45, 2.75) is 52.5 Å². The molecule has 0 spiro atoms. The van der Waals surface area contributed by atoms with Crippen LogP contribution in [0.25, 0.3) is 11.0 Å². The number of benzene rings is 1. The van der Waals surface area contributed by atoms with Crippen LogP contribution in [-0.4, -0.2) is 15.5 Å². The summed E-state index contributed by atoms with van der Waals surface area (Å²) < 4.78 is 2.14. The zero-order chi connectivity index (χ0) is 15.4. The number of hydrogen-bond acceptors (Lipinski definition) is 2. The minimum absolute atomic E-state index is 0.126. The molecule has 21 heavy (non-hydrogen) atoms. The second-order valence-corrected chi connectivity index (χ2v) is 5.89. The number of nitrogens with zero attached hydrogens (tertiary/aromatic N) is 2. The van der Waals surface area contributed by atoms with Crippen LogP contribution < -0.4 is 5.32 Å². The van der Waals surface area contributed by atoms with Crippen LogP contribution in [0, 0.1) is 0 Å². The highest BCUT2D eigenvalue weighted by atomic mass is 16.1. The van der Waals surface area contributed by atoms with Gasteiger partial charge in [-0.3, -0.25) is 4.79 Å². The fourth-order valence-electron chi connectivity index (χ4n) is 2.52. The number of fused-ring (bicyclic) bond motifs is 1. The largest absolute Gasteiger partial charge is 0.352 e. The highest BCUT2D eigenvalue weighted by Gasteiger charge is 2.11. The summed E-state index contributed by atoms with van der Waals surface area (Å²) in [7, 11) is 2.05. The Morgan fingerprint density at radius 1 is 1.38 bits per heavy atom. The Morgan fingerprint density at radius 2 is 2.14 bits per heavy atom. The summed E-state index contributed by atoms with van der Waals surface area (Å²) in [6.45, 7) is 6.97. The standard InChI is InChI=1S/C17H25N3O/c1-5-6-7-16(21)18-11-13-8-9-15-14(10-13)19-17(12(2)3)20(15)4/h8-10,12H,5-7,11H2,1-4H3,(H,18,21). The van der Waals surface area contributed by atoms with E-state index in [1.165, 1.54) is 0 Å². The number of aromatic nitrogens is 2. The molecular formula is C17H25N3O. The number of carbonyl (C=O) groups excluding carboxylic acids is 1. The maximum atomic E-state index is 11.7. The van der Waals surface area contributed by atoms with Gasteiger partial charge in [0.25, 0.3) is 0 Å². The third-order valence-electron chi connectivity index (χ3n) is 3.74. The molecule has 2 rings (SSSR count). The molecule has 0 saturated heterocycles. The summed E-state index contributed by atoms with van der Waals surface area (Å²) in [5, 5.41) is 2.97. The van der Waals surface area contributed by atoms with E-state index in [2.05, 4.69) is 55.9 Å². The quantitative estimate of drug-likeness (QED) is 0.884.